The number of aliphatic hydroxyl groups is 1. The van der Waals surface area contributed by atoms with E-state index in [1.807, 2.05) is 48.5 Å². The lowest BCUT2D eigenvalue weighted by Gasteiger charge is -2.33. The van der Waals surface area contributed by atoms with E-state index in [1.165, 1.54) is 17.0 Å². The molecule has 0 aromatic heterocycles. The molecular weight excluding hydrogens is 445 g/mol. The third-order valence-electron chi connectivity index (χ3n) is 6.64. The number of nitrogens with two attached hydrogens (primary N) is 1. The Kier molecular flexibility index (Phi) is 8.00. The van der Waals surface area contributed by atoms with Gasteiger partial charge in [0, 0.05) is 12.6 Å². The normalized spacial score (nSPS) is 14.6. The Bertz CT molecular complexity index is 1140. The number of benzene rings is 3. The van der Waals surface area contributed by atoms with Crippen molar-refractivity contribution in [3.63, 3.8) is 0 Å². The van der Waals surface area contributed by atoms with Crippen LogP contribution < -0.4 is 15.4 Å². The predicted octanol–water partition coefficient (Wildman–Crippen LogP) is 5.00. The van der Waals surface area contributed by atoms with Crippen LogP contribution in [0.25, 0.3) is 0 Å². The minimum atomic E-state index is -0.589. The molecule has 1 fully saturated rings. The maximum absolute atomic E-state index is 13.2. The van der Waals surface area contributed by atoms with Crippen molar-refractivity contribution < 1.29 is 19.0 Å². The first-order valence-electron chi connectivity index (χ1n) is 11.9. The van der Waals surface area contributed by atoms with E-state index in [4.69, 9.17) is 10.5 Å². The fourth-order valence-electron chi connectivity index (χ4n) is 4.76. The number of carbonyl (C=O) groups is 1. The minimum absolute atomic E-state index is 0.0806. The molecule has 1 heterocycles. The molecule has 0 bridgehead atoms. The highest BCUT2D eigenvalue weighted by atomic mass is 19.1. The van der Waals surface area contributed by atoms with Gasteiger partial charge in [-0.3, -0.25) is 9.80 Å². The fourth-order valence-corrected chi connectivity index (χ4v) is 4.76. The van der Waals surface area contributed by atoms with Gasteiger partial charge in [0.25, 0.3) is 0 Å². The summed E-state index contributed by atoms with van der Waals surface area (Å²) < 4.78 is 18.5. The molecule has 2 amide bonds. The average Bonchev–Trinajstić information content (AvgIpc) is 2.87. The average molecular weight is 478 g/mol. The molecule has 3 N–H and O–H groups in total. The molecule has 4 rings (SSSR count). The summed E-state index contributed by atoms with van der Waals surface area (Å²) in [5.74, 6) is 0.979. The van der Waals surface area contributed by atoms with Gasteiger partial charge >= 0.3 is 6.03 Å². The van der Waals surface area contributed by atoms with Crippen molar-refractivity contribution in [2.45, 2.75) is 32.4 Å². The van der Waals surface area contributed by atoms with E-state index in [0.717, 1.165) is 49.0 Å². The molecular formula is C28H32FN3O3. The molecule has 35 heavy (non-hydrogen) atoms. The third kappa shape index (κ3) is 6.18. The molecule has 0 unspecified atom stereocenters. The smallest absolute Gasteiger partial charge is 0.323 e. The Morgan fingerprint density at radius 2 is 1.80 bits per heavy atom. The molecule has 3 aromatic rings. The molecule has 1 aliphatic rings. The molecule has 0 spiro atoms. The van der Waals surface area contributed by atoms with Crippen LogP contribution in [0.15, 0.2) is 66.7 Å². The van der Waals surface area contributed by atoms with Crippen LogP contribution >= 0.6 is 0 Å². The lowest BCUT2D eigenvalue weighted by atomic mass is 9.90. The lowest BCUT2D eigenvalue weighted by molar-refractivity contribution is 0.177. The van der Waals surface area contributed by atoms with Crippen molar-refractivity contribution in [2.75, 3.05) is 25.1 Å². The van der Waals surface area contributed by atoms with Crippen LogP contribution in [0, 0.1) is 11.7 Å². The van der Waals surface area contributed by atoms with Crippen LogP contribution in [0.2, 0.25) is 0 Å². The molecule has 3 aromatic carbocycles. The topological polar surface area (TPSA) is 79.0 Å². The van der Waals surface area contributed by atoms with Gasteiger partial charge in [-0.1, -0.05) is 30.3 Å². The van der Waals surface area contributed by atoms with Gasteiger partial charge in [0.05, 0.1) is 25.1 Å². The Morgan fingerprint density at radius 1 is 1.09 bits per heavy atom. The second-order valence-electron chi connectivity index (χ2n) is 9.05. The number of halogens is 1. The number of hydrogen-bond donors (Lipinski definition) is 2. The number of amides is 2. The van der Waals surface area contributed by atoms with Gasteiger partial charge in [0.2, 0.25) is 0 Å². The number of methoxy groups -OCH3 is 1. The molecule has 0 atom stereocenters. The molecule has 1 saturated heterocycles. The zero-order valence-corrected chi connectivity index (χ0v) is 20.0. The van der Waals surface area contributed by atoms with Crippen molar-refractivity contribution in [3.05, 3.63) is 89.2 Å². The molecule has 184 valence electrons. The first kappa shape index (κ1) is 24.7. The maximum Gasteiger partial charge on any atom is 0.323 e. The highest BCUT2D eigenvalue weighted by Gasteiger charge is 2.24. The molecule has 0 aliphatic carbocycles. The fraction of sp³-hybridized carbons (Fsp3) is 0.321. The number of carbonyl (C=O) groups excluding carboxylic acids is 1. The highest BCUT2D eigenvalue weighted by Crippen LogP contribution is 2.33. The second-order valence-corrected chi connectivity index (χ2v) is 9.05. The zero-order chi connectivity index (χ0) is 24.8. The van der Waals surface area contributed by atoms with Gasteiger partial charge in [-0.05, 0) is 85.3 Å². The minimum Gasteiger partial charge on any atom is -0.497 e. The first-order valence-corrected chi connectivity index (χ1v) is 11.9. The molecule has 1 aliphatic heterocycles. The van der Waals surface area contributed by atoms with Crippen molar-refractivity contribution in [2.24, 2.45) is 11.7 Å². The molecule has 7 heteroatoms. The van der Waals surface area contributed by atoms with E-state index in [2.05, 4.69) is 4.90 Å². The van der Waals surface area contributed by atoms with E-state index in [0.29, 0.717) is 29.6 Å². The van der Waals surface area contributed by atoms with Crippen LogP contribution in [0.1, 0.15) is 29.5 Å². The summed E-state index contributed by atoms with van der Waals surface area (Å²) in [6.45, 7) is 2.40. The monoisotopic (exact) mass is 477 g/mol. The van der Waals surface area contributed by atoms with Crippen molar-refractivity contribution in [1.29, 1.82) is 0 Å². The Hall–Kier alpha value is -3.42. The summed E-state index contributed by atoms with van der Waals surface area (Å²) in [5, 5.41) is 9.73. The number of rotatable bonds is 8. The Labute approximate surface area is 205 Å². The standard InChI is InChI=1S/C28H32FN3O3/c1-35-26-4-2-3-25(17-26)32(28(30)34)27-10-7-22(19-33)16-23(27)18-31-13-11-21(12-14-31)15-20-5-8-24(29)9-6-20/h2-10,16-17,21,33H,11-15,18-19H2,1H3,(H2,30,34). The highest BCUT2D eigenvalue weighted by molar-refractivity contribution is 5.99. The lowest BCUT2D eigenvalue weighted by Crippen LogP contribution is -2.36. The number of primary amides is 1. The summed E-state index contributed by atoms with van der Waals surface area (Å²) in [5.41, 5.74) is 10.0. The summed E-state index contributed by atoms with van der Waals surface area (Å²) in [6.07, 6.45) is 3.04. The van der Waals surface area contributed by atoms with E-state index < -0.39 is 6.03 Å². The van der Waals surface area contributed by atoms with Gasteiger partial charge in [0.1, 0.15) is 11.6 Å². The number of ether oxygens (including phenoxy) is 1. The van der Waals surface area contributed by atoms with Gasteiger partial charge in [-0.25, -0.2) is 9.18 Å². The van der Waals surface area contributed by atoms with E-state index >= 15 is 0 Å². The van der Waals surface area contributed by atoms with Crippen molar-refractivity contribution in [3.8, 4) is 5.75 Å². The summed E-state index contributed by atoms with van der Waals surface area (Å²) in [4.78, 5) is 16.4. The summed E-state index contributed by atoms with van der Waals surface area (Å²) >= 11 is 0. The summed E-state index contributed by atoms with van der Waals surface area (Å²) in [6, 6.07) is 19.0. The second kappa shape index (κ2) is 11.3. The van der Waals surface area contributed by atoms with Crippen LogP contribution in [-0.2, 0) is 19.6 Å². The number of likely N-dealkylation sites (tertiary alicyclic amines) is 1. The van der Waals surface area contributed by atoms with Gasteiger partial charge in [-0.15, -0.1) is 0 Å². The molecule has 6 nitrogen and oxygen atoms in total. The number of nitrogens with zero attached hydrogens (tertiary/aromatic N) is 2. The van der Waals surface area contributed by atoms with Crippen molar-refractivity contribution >= 4 is 17.4 Å². The number of aliphatic hydroxyl groups excluding tert-OH is 1. The van der Waals surface area contributed by atoms with Crippen LogP contribution in [0.5, 0.6) is 5.75 Å². The number of hydrogen-bond acceptors (Lipinski definition) is 4. The predicted molar refractivity (Wildman–Crippen MR) is 135 cm³/mol. The SMILES string of the molecule is COc1cccc(N(C(N)=O)c2ccc(CO)cc2CN2CCC(Cc3ccc(F)cc3)CC2)c1. The van der Waals surface area contributed by atoms with Crippen LogP contribution in [0.4, 0.5) is 20.6 Å². The molecule has 0 saturated carbocycles. The van der Waals surface area contributed by atoms with E-state index in [-0.39, 0.29) is 12.4 Å². The van der Waals surface area contributed by atoms with Crippen molar-refractivity contribution in [1.82, 2.24) is 4.90 Å². The molecule has 0 radical (unpaired) electrons. The number of anilines is 2. The van der Waals surface area contributed by atoms with Crippen LogP contribution in [0.3, 0.4) is 0 Å². The Balaban J connectivity index is 1.51. The quantitative estimate of drug-likeness (QED) is 0.479. The zero-order valence-electron chi connectivity index (χ0n) is 20.0. The first-order chi connectivity index (χ1) is 17.0. The Morgan fingerprint density at radius 3 is 2.46 bits per heavy atom. The van der Waals surface area contributed by atoms with Crippen LogP contribution in [-0.4, -0.2) is 36.2 Å². The number of urea groups is 1. The van der Waals surface area contributed by atoms with Gasteiger partial charge < -0.3 is 15.6 Å². The van der Waals surface area contributed by atoms with E-state index in [1.54, 1.807) is 13.2 Å². The third-order valence-corrected chi connectivity index (χ3v) is 6.64. The van der Waals surface area contributed by atoms with Gasteiger partial charge in [-0.2, -0.15) is 0 Å². The number of piperidine rings is 1. The van der Waals surface area contributed by atoms with Gasteiger partial charge in [0.15, 0.2) is 0 Å². The van der Waals surface area contributed by atoms with E-state index in [9.17, 15) is 14.3 Å². The maximum atomic E-state index is 13.2. The largest absolute Gasteiger partial charge is 0.497 e. The summed E-state index contributed by atoms with van der Waals surface area (Å²) in [7, 11) is 1.58.